The number of sulfone groups is 1. The fourth-order valence-corrected chi connectivity index (χ4v) is 4.32. The summed E-state index contributed by atoms with van der Waals surface area (Å²) in [7, 11) is -3.43. The van der Waals surface area contributed by atoms with E-state index in [1.165, 1.54) is 0 Å². The summed E-state index contributed by atoms with van der Waals surface area (Å²) >= 11 is 0. The van der Waals surface area contributed by atoms with Gasteiger partial charge in [-0.25, -0.2) is 8.42 Å². The molecule has 1 aromatic carbocycles. The zero-order valence-corrected chi connectivity index (χ0v) is 16.2. The third kappa shape index (κ3) is 5.29. The molecule has 1 aromatic heterocycles. The largest absolute Gasteiger partial charge is 0.489 e. The summed E-state index contributed by atoms with van der Waals surface area (Å²) in [6.45, 7) is 3.08. The van der Waals surface area contributed by atoms with Crippen molar-refractivity contribution in [3.63, 3.8) is 0 Å². The standard InChI is InChI=1S/C20H24N2O4S/c1-16-7-8-18(15-21-16)26-17-9-12-22(13-10-17)20(23)11-14-27(24,25)19-5-3-2-4-6-19/h2-8,15,17H,9-14H2,1H3. The Labute approximate surface area is 160 Å². The van der Waals surface area contributed by atoms with Gasteiger partial charge in [-0.1, -0.05) is 18.2 Å². The van der Waals surface area contributed by atoms with Crippen LogP contribution in [0.2, 0.25) is 0 Å². The Balaban J connectivity index is 1.46. The van der Waals surface area contributed by atoms with Gasteiger partial charge in [-0.3, -0.25) is 9.78 Å². The lowest BCUT2D eigenvalue weighted by atomic mass is 10.1. The van der Waals surface area contributed by atoms with Crippen LogP contribution >= 0.6 is 0 Å². The van der Waals surface area contributed by atoms with Crippen molar-refractivity contribution in [2.75, 3.05) is 18.8 Å². The highest BCUT2D eigenvalue weighted by atomic mass is 32.2. The number of hydrogen-bond donors (Lipinski definition) is 0. The molecule has 27 heavy (non-hydrogen) atoms. The zero-order valence-electron chi connectivity index (χ0n) is 15.4. The van der Waals surface area contributed by atoms with Gasteiger partial charge in [0.15, 0.2) is 9.84 Å². The molecular weight excluding hydrogens is 364 g/mol. The Kier molecular flexibility index (Phi) is 6.11. The number of piperidine rings is 1. The lowest BCUT2D eigenvalue weighted by molar-refractivity contribution is -0.132. The second-order valence-corrected chi connectivity index (χ2v) is 8.82. The van der Waals surface area contributed by atoms with Crippen molar-refractivity contribution >= 4 is 15.7 Å². The summed E-state index contributed by atoms with van der Waals surface area (Å²) in [5, 5.41) is 0. The van der Waals surface area contributed by atoms with E-state index >= 15 is 0 Å². The van der Waals surface area contributed by atoms with Crippen LogP contribution in [-0.4, -0.2) is 49.2 Å². The van der Waals surface area contributed by atoms with Crippen molar-refractivity contribution in [2.45, 2.75) is 37.2 Å². The summed E-state index contributed by atoms with van der Waals surface area (Å²) in [6.07, 6.45) is 3.22. The van der Waals surface area contributed by atoms with Crippen LogP contribution in [0, 0.1) is 6.92 Å². The van der Waals surface area contributed by atoms with Gasteiger partial charge in [0.05, 0.1) is 16.8 Å². The Hall–Kier alpha value is -2.41. The number of nitrogens with zero attached hydrogens (tertiary/aromatic N) is 2. The third-order valence-electron chi connectivity index (χ3n) is 4.67. The topological polar surface area (TPSA) is 76.6 Å². The fraction of sp³-hybridized carbons (Fsp3) is 0.400. The quantitative estimate of drug-likeness (QED) is 0.760. The molecule has 1 fully saturated rings. The molecule has 7 heteroatoms. The molecule has 1 saturated heterocycles. The monoisotopic (exact) mass is 388 g/mol. The molecule has 2 heterocycles. The Bertz CT molecular complexity index is 859. The predicted octanol–water partition coefficient (Wildman–Crippen LogP) is 2.62. The van der Waals surface area contributed by atoms with Crippen LogP contribution in [0.5, 0.6) is 5.75 Å². The number of benzene rings is 1. The average molecular weight is 388 g/mol. The zero-order chi connectivity index (χ0) is 19.3. The molecule has 0 spiro atoms. The van der Waals surface area contributed by atoms with Crippen LogP contribution in [0.3, 0.4) is 0 Å². The van der Waals surface area contributed by atoms with Gasteiger partial charge in [-0.15, -0.1) is 0 Å². The Morgan fingerprint density at radius 3 is 2.48 bits per heavy atom. The highest BCUT2D eigenvalue weighted by molar-refractivity contribution is 7.91. The van der Waals surface area contributed by atoms with Gasteiger partial charge >= 0.3 is 0 Å². The highest BCUT2D eigenvalue weighted by Crippen LogP contribution is 2.19. The maximum atomic E-state index is 12.4. The van der Waals surface area contributed by atoms with Crippen LogP contribution in [0.4, 0.5) is 0 Å². The number of pyridine rings is 1. The number of carbonyl (C=O) groups excluding carboxylic acids is 1. The minimum Gasteiger partial charge on any atom is -0.489 e. The van der Waals surface area contributed by atoms with Crippen molar-refractivity contribution in [3.05, 3.63) is 54.4 Å². The van der Waals surface area contributed by atoms with Crippen LogP contribution in [-0.2, 0) is 14.6 Å². The van der Waals surface area contributed by atoms with Gasteiger partial charge in [0.25, 0.3) is 0 Å². The summed E-state index contributed by atoms with van der Waals surface area (Å²) in [4.78, 5) is 18.6. The molecule has 1 aliphatic rings. The molecule has 6 nitrogen and oxygen atoms in total. The van der Waals surface area contributed by atoms with Crippen molar-refractivity contribution in [3.8, 4) is 5.75 Å². The first-order chi connectivity index (χ1) is 12.9. The first-order valence-corrected chi connectivity index (χ1v) is 10.7. The smallest absolute Gasteiger partial charge is 0.223 e. The molecule has 0 N–H and O–H groups in total. The first-order valence-electron chi connectivity index (χ1n) is 9.09. The lowest BCUT2D eigenvalue weighted by Gasteiger charge is -2.32. The van der Waals surface area contributed by atoms with Crippen molar-refractivity contribution in [1.82, 2.24) is 9.88 Å². The maximum Gasteiger partial charge on any atom is 0.223 e. The Morgan fingerprint density at radius 2 is 1.85 bits per heavy atom. The number of rotatable bonds is 6. The maximum absolute atomic E-state index is 12.4. The molecule has 1 amide bonds. The van der Waals surface area contributed by atoms with E-state index in [9.17, 15) is 13.2 Å². The molecule has 0 atom stereocenters. The van der Waals surface area contributed by atoms with E-state index in [2.05, 4.69) is 4.98 Å². The normalized spacial score (nSPS) is 15.5. The number of ether oxygens (including phenoxy) is 1. The van der Waals surface area contributed by atoms with E-state index in [0.717, 1.165) is 24.3 Å². The van der Waals surface area contributed by atoms with Crippen LogP contribution in [0.25, 0.3) is 0 Å². The average Bonchev–Trinajstić information content (AvgIpc) is 2.69. The molecule has 144 valence electrons. The number of carbonyl (C=O) groups is 1. The molecular formula is C20H24N2O4S. The van der Waals surface area contributed by atoms with Gasteiger partial charge in [0.1, 0.15) is 11.9 Å². The minimum atomic E-state index is -3.43. The van der Waals surface area contributed by atoms with Gasteiger partial charge in [0.2, 0.25) is 5.91 Å². The molecule has 2 aromatic rings. The van der Waals surface area contributed by atoms with E-state index in [1.807, 2.05) is 19.1 Å². The molecule has 0 saturated carbocycles. The predicted molar refractivity (Wildman–Crippen MR) is 102 cm³/mol. The second kappa shape index (κ2) is 8.52. The van der Waals surface area contributed by atoms with Crippen molar-refractivity contribution in [2.24, 2.45) is 0 Å². The summed E-state index contributed by atoms with van der Waals surface area (Å²) in [6, 6.07) is 12.1. The van der Waals surface area contributed by atoms with Gasteiger partial charge in [0, 0.05) is 38.0 Å². The van der Waals surface area contributed by atoms with Gasteiger partial charge < -0.3 is 9.64 Å². The van der Waals surface area contributed by atoms with Crippen molar-refractivity contribution < 1.29 is 17.9 Å². The van der Waals surface area contributed by atoms with Gasteiger partial charge in [-0.05, 0) is 31.2 Å². The number of hydrogen-bond acceptors (Lipinski definition) is 5. The van der Waals surface area contributed by atoms with Crippen LogP contribution < -0.4 is 4.74 Å². The summed E-state index contributed by atoms with van der Waals surface area (Å²) < 4.78 is 30.5. The molecule has 0 aliphatic carbocycles. The van der Waals surface area contributed by atoms with Crippen LogP contribution in [0.1, 0.15) is 25.0 Å². The van der Waals surface area contributed by atoms with Crippen LogP contribution in [0.15, 0.2) is 53.6 Å². The third-order valence-corrected chi connectivity index (χ3v) is 6.40. The minimum absolute atomic E-state index is 0.00460. The summed E-state index contributed by atoms with van der Waals surface area (Å²) in [5.74, 6) is 0.450. The first kappa shape index (κ1) is 19.4. The molecule has 1 aliphatic heterocycles. The second-order valence-electron chi connectivity index (χ2n) is 6.72. The van der Waals surface area contributed by atoms with E-state index in [1.54, 1.807) is 41.4 Å². The highest BCUT2D eigenvalue weighted by Gasteiger charge is 2.25. The van der Waals surface area contributed by atoms with E-state index in [-0.39, 0.29) is 29.1 Å². The SMILES string of the molecule is Cc1ccc(OC2CCN(C(=O)CCS(=O)(=O)c3ccccc3)CC2)cn1. The van der Waals surface area contributed by atoms with E-state index in [0.29, 0.717) is 13.1 Å². The fourth-order valence-electron chi connectivity index (χ4n) is 3.06. The van der Waals surface area contributed by atoms with E-state index in [4.69, 9.17) is 4.74 Å². The lowest BCUT2D eigenvalue weighted by Crippen LogP contribution is -2.42. The number of likely N-dealkylation sites (tertiary alicyclic amines) is 1. The number of aryl methyl sites for hydroxylation is 1. The molecule has 0 unspecified atom stereocenters. The number of aromatic nitrogens is 1. The molecule has 3 rings (SSSR count). The number of amides is 1. The molecule has 0 radical (unpaired) electrons. The van der Waals surface area contributed by atoms with Gasteiger partial charge in [-0.2, -0.15) is 0 Å². The van der Waals surface area contributed by atoms with Crippen molar-refractivity contribution in [1.29, 1.82) is 0 Å². The molecule has 0 bridgehead atoms. The summed E-state index contributed by atoms with van der Waals surface area (Å²) in [5.41, 5.74) is 0.938. The van der Waals surface area contributed by atoms with E-state index < -0.39 is 9.84 Å². The Morgan fingerprint density at radius 1 is 1.15 bits per heavy atom.